The van der Waals surface area contributed by atoms with Crippen molar-refractivity contribution < 1.29 is 8.42 Å². The van der Waals surface area contributed by atoms with Gasteiger partial charge in [-0.25, -0.2) is 13.1 Å². The van der Waals surface area contributed by atoms with Crippen LogP contribution in [-0.4, -0.2) is 38.7 Å². The Bertz CT molecular complexity index is 652. The molecule has 2 rings (SSSR count). The molecule has 0 aromatic heterocycles. The van der Waals surface area contributed by atoms with Crippen molar-refractivity contribution >= 4 is 10.0 Å². The van der Waals surface area contributed by atoms with Gasteiger partial charge in [-0.2, -0.15) is 5.26 Å². The standard InChI is InChI=1S/C17H25N3O2S/c1-2-10-23(21,22)19-12-15-6-5-9-20(13-15)14-17-8-4-3-7-16(17)11-18/h3-4,7-8,15,19H,2,5-6,9-10,12-14H2,1H3/t15-/m1/s1. The summed E-state index contributed by atoms with van der Waals surface area (Å²) >= 11 is 0. The Morgan fingerprint density at radius 3 is 2.91 bits per heavy atom. The van der Waals surface area contributed by atoms with E-state index in [0.29, 0.717) is 18.9 Å². The molecule has 1 aromatic rings. The van der Waals surface area contributed by atoms with Crippen LogP contribution in [0.4, 0.5) is 0 Å². The highest BCUT2D eigenvalue weighted by molar-refractivity contribution is 7.89. The van der Waals surface area contributed by atoms with Crippen molar-refractivity contribution in [3.8, 4) is 6.07 Å². The number of nitrogens with zero attached hydrogens (tertiary/aromatic N) is 2. The fraction of sp³-hybridized carbons (Fsp3) is 0.588. The van der Waals surface area contributed by atoms with E-state index in [1.165, 1.54) is 0 Å². The predicted octanol–water partition coefficient (Wildman–Crippen LogP) is 2.10. The first-order valence-electron chi connectivity index (χ1n) is 8.21. The van der Waals surface area contributed by atoms with E-state index in [2.05, 4.69) is 15.7 Å². The third-order valence-electron chi connectivity index (χ3n) is 4.20. The van der Waals surface area contributed by atoms with Crippen molar-refractivity contribution in [3.63, 3.8) is 0 Å². The Kier molecular flexibility index (Phi) is 6.58. The quantitative estimate of drug-likeness (QED) is 0.828. The van der Waals surface area contributed by atoms with Crippen LogP contribution in [0.3, 0.4) is 0 Å². The van der Waals surface area contributed by atoms with Gasteiger partial charge in [0.1, 0.15) is 0 Å². The second-order valence-electron chi connectivity index (χ2n) is 6.18. The van der Waals surface area contributed by atoms with E-state index >= 15 is 0 Å². The van der Waals surface area contributed by atoms with Gasteiger partial charge in [0.25, 0.3) is 0 Å². The van der Waals surface area contributed by atoms with Crippen LogP contribution in [0.25, 0.3) is 0 Å². The first-order chi connectivity index (χ1) is 11.0. The Labute approximate surface area is 139 Å². The van der Waals surface area contributed by atoms with Crippen LogP contribution in [0, 0.1) is 17.2 Å². The SMILES string of the molecule is CCCS(=O)(=O)NC[C@H]1CCCN(Cc2ccccc2C#N)C1. The third kappa shape index (κ3) is 5.61. The molecule has 0 bridgehead atoms. The zero-order valence-electron chi connectivity index (χ0n) is 13.7. The van der Waals surface area contributed by atoms with Gasteiger partial charge in [0, 0.05) is 19.6 Å². The third-order valence-corrected chi connectivity index (χ3v) is 5.75. The van der Waals surface area contributed by atoms with Gasteiger partial charge < -0.3 is 0 Å². The van der Waals surface area contributed by atoms with Crippen LogP contribution in [0.1, 0.15) is 37.3 Å². The van der Waals surface area contributed by atoms with E-state index in [4.69, 9.17) is 0 Å². The monoisotopic (exact) mass is 335 g/mol. The highest BCUT2D eigenvalue weighted by Gasteiger charge is 2.22. The number of piperidine rings is 1. The van der Waals surface area contributed by atoms with E-state index in [1.54, 1.807) is 0 Å². The summed E-state index contributed by atoms with van der Waals surface area (Å²) in [6.45, 7) is 5.00. The van der Waals surface area contributed by atoms with Gasteiger partial charge >= 0.3 is 0 Å². The predicted molar refractivity (Wildman–Crippen MR) is 91.2 cm³/mol. The molecular formula is C17H25N3O2S. The van der Waals surface area contributed by atoms with Gasteiger partial charge in [0.15, 0.2) is 0 Å². The molecule has 6 heteroatoms. The average molecular weight is 335 g/mol. The Hall–Kier alpha value is -1.42. The molecule has 1 atom stereocenters. The average Bonchev–Trinajstić information content (AvgIpc) is 2.54. The molecule has 1 aromatic carbocycles. The Balaban J connectivity index is 1.90. The minimum Gasteiger partial charge on any atom is -0.299 e. The highest BCUT2D eigenvalue weighted by Crippen LogP contribution is 2.19. The Morgan fingerprint density at radius 1 is 1.39 bits per heavy atom. The molecule has 126 valence electrons. The first-order valence-corrected chi connectivity index (χ1v) is 9.87. The van der Waals surface area contributed by atoms with E-state index in [1.807, 2.05) is 31.2 Å². The van der Waals surface area contributed by atoms with Crippen LogP contribution in [-0.2, 0) is 16.6 Å². The van der Waals surface area contributed by atoms with Gasteiger partial charge in [0.05, 0.1) is 17.4 Å². The molecule has 1 heterocycles. The molecule has 23 heavy (non-hydrogen) atoms. The number of likely N-dealkylation sites (tertiary alicyclic amines) is 1. The lowest BCUT2D eigenvalue weighted by molar-refractivity contribution is 0.169. The summed E-state index contributed by atoms with van der Waals surface area (Å²) in [5.41, 5.74) is 1.76. The summed E-state index contributed by atoms with van der Waals surface area (Å²) < 4.78 is 26.3. The topological polar surface area (TPSA) is 73.2 Å². The number of nitriles is 1. The van der Waals surface area contributed by atoms with Crippen molar-refractivity contribution in [2.24, 2.45) is 5.92 Å². The first kappa shape index (κ1) is 17.9. The largest absolute Gasteiger partial charge is 0.299 e. The molecule has 0 radical (unpaired) electrons. The maximum atomic E-state index is 11.8. The lowest BCUT2D eigenvalue weighted by Crippen LogP contribution is -2.41. The lowest BCUT2D eigenvalue weighted by atomic mass is 9.97. The maximum Gasteiger partial charge on any atom is 0.211 e. The van der Waals surface area contributed by atoms with Crippen LogP contribution in [0.15, 0.2) is 24.3 Å². The van der Waals surface area contributed by atoms with E-state index < -0.39 is 10.0 Å². The second-order valence-corrected chi connectivity index (χ2v) is 8.11. The van der Waals surface area contributed by atoms with Gasteiger partial charge in [0.2, 0.25) is 10.0 Å². The summed E-state index contributed by atoms with van der Waals surface area (Å²) in [5, 5.41) is 9.18. The van der Waals surface area contributed by atoms with Gasteiger partial charge in [-0.05, 0) is 43.4 Å². The zero-order valence-corrected chi connectivity index (χ0v) is 14.5. The maximum absolute atomic E-state index is 11.8. The number of rotatable bonds is 7. The number of nitrogens with one attached hydrogen (secondary N) is 1. The lowest BCUT2D eigenvalue weighted by Gasteiger charge is -2.33. The van der Waals surface area contributed by atoms with Crippen molar-refractivity contribution in [1.82, 2.24) is 9.62 Å². The Morgan fingerprint density at radius 2 is 2.17 bits per heavy atom. The summed E-state index contributed by atoms with van der Waals surface area (Å²) in [6.07, 6.45) is 2.75. The molecule has 1 N–H and O–H groups in total. The fourth-order valence-corrected chi connectivity index (χ4v) is 4.23. The minimum atomic E-state index is -3.13. The van der Waals surface area contributed by atoms with E-state index in [9.17, 15) is 13.7 Å². The molecular weight excluding hydrogens is 310 g/mol. The molecule has 0 saturated carbocycles. The van der Waals surface area contributed by atoms with Crippen molar-refractivity contribution in [2.75, 3.05) is 25.4 Å². The molecule has 1 fully saturated rings. The van der Waals surface area contributed by atoms with Gasteiger partial charge in [-0.1, -0.05) is 25.1 Å². The normalized spacial score (nSPS) is 19.4. The van der Waals surface area contributed by atoms with Crippen molar-refractivity contribution in [3.05, 3.63) is 35.4 Å². The number of hydrogen-bond acceptors (Lipinski definition) is 4. The summed E-state index contributed by atoms with van der Waals surface area (Å²) in [5.74, 6) is 0.531. The van der Waals surface area contributed by atoms with Crippen LogP contribution in [0.5, 0.6) is 0 Å². The molecule has 1 aliphatic rings. The zero-order chi connectivity index (χ0) is 16.7. The summed E-state index contributed by atoms with van der Waals surface area (Å²) in [6, 6.07) is 9.91. The molecule has 0 unspecified atom stereocenters. The summed E-state index contributed by atoms with van der Waals surface area (Å²) in [7, 11) is -3.13. The van der Waals surface area contributed by atoms with Gasteiger partial charge in [-0.15, -0.1) is 0 Å². The number of hydrogen-bond donors (Lipinski definition) is 1. The molecule has 0 spiro atoms. The molecule has 5 nitrogen and oxygen atoms in total. The van der Waals surface area contributed by atoms with Crippen LogP contribution >= 0.6 is 0 Å². The van der Waals surface area contributed by atoms with Gasteiger partial charge in [-0.3, -0.25) is 4.90 Å². The smallest absolute Gasteiger partial charge is 0.211 e. The molecule has 1 aliphatic heterocycles. The molecule has 1 saturated heterocycles. The number of benzene rings is 1. The van der Waals surface area contributed by atoms with E-state index in [0.717, 1.165) is 43.6 Å². The van der Waals surface area contributed by atoms with Crippen molar-refractivity contribution in [1.29, 1.82) is 5.26 Å². The van der Waals surface area contributed by atoms with E-state index in [-0.39, 0.29) is 5.75 Å². The number of sulfonamides is 1. The second kappa shape index (κ2) is 8.44. The van der Waals surface area contributed by atoms with Crippen molar-refractivity contribution in [2.45, 2.75) is 32.7 Å². The molecule has 0 aliphatic carbocycles. The highest BCUT2D eigenvalue weighted by atomic mass is 32.2. The summed E-state index contributed by atoms with van der Waals surface area (Å²) in [4.78, 5) is 2.32. The van der Waals surface area contributed by atoms with Crippen LogP contribution in [0.2, 0.25) is 0 Å². The fourth-order valence-electron chi connectivity index (χ4n) is 3.06. The minimum absolute atomic E-state index is 0.193. The molecule has 0 amide bonds. The van der Waals surface area contributed by atoms with Crippen LogP contribution < -0.4 is 4.72 Å².